The molecule has 0 aliphatic rings. The molecule has 0 bridgehead atoms. The molecule has 3 N–H and O–H groups in total. The molecule has 0 radical (unpaired) electrons. The van der Waals surface area contributed by atoms with E-state index in [2.05, 4.69) is 10.3 Å². The molecule has 0 saturated carbocycles. The van der Waals surface area contributed by atoms with Gasteiger partial charge < -0.3 is 20.4 Å². The predicted molar refractivity (Wildman–Crippen MR) is 72.4 cm³/mol. The first-order chi connectivity index (χ1) is 9.54. The van der Waals surface area contributed by atoms with E-state index in [0.717, 1.165) is 0 Å². The maximum Gasteiger partial charge on any atom is 0.404 e. The smallest absolute Gasteiger partial charge is 0.404 e. The predicted octanol–water partition coefficient (Wildman–Crippen LogP) is 0.694. The van der Waals surface area contributed by atoms with Crippen molar-refractivity contribution >= 4 is 12.0 Å². The van der Waals surface area contributed by atoms with Crippen molar-refractivity contribution < 1.29 is 19.8 Å². The number of nitrogens with zero attached hydrogens (tertiary/aromatic N) is 2. The average Bonchev–Trinajstić information content (AvgIpc) is 2.45. The number of aliphatic hydroxyl groups excluding tert-OH is 1. The summed E-state index contributed by atoms with van der Waals surface area (Å²) in [5.74, 6) is -0.194. The molecule has 20 heavy (non-hydrogen) atoms. The fourth-order valence-corrected chi connectivity index (χ4v) is 1.61. The molecule has 0 aromatic carbocycles. The lowest BCUT2D eigenvalue weighted by Crippen LogP contribution is -2.29. The zero-order chi connectivity index (χ0) is 15.0. The van der Waals surface area contributed by atoms with Gasteiger partial charge in [-0.15, -0.1) is 0 Å². The Kier molecular flexibility index (Phi) is 6.45. The summed E-state index contributed by atoms with van der Waals surface area (Å²) in [7, 11) is 1.68. The highest BCUT2D eigenvalue weighted by Gasteiger charge is 2.12. The van der Waals surface area contributed by atoms with Crippen molar-refractivity contribution in [1.29, 1.82) is 0 Å². The topological polar surface area (TPSA) is 103 Å². The number of aromatic nitrogens is 1. The molecule has 1 aromatic rings. The second-order valence-electron chi connectivity index (χ2n) is 4.38. The van der Waals surface area contributed by atoms with Gasteiger partial charge in [0, 0.05) is 26.3 Å². The highest BCUT2D eigenvalue weighted by atomic mass is 16.4. The maximum absolute atomic E-state index is 12.0. The van der Waals surface area contributed by atoms with Crippen LogP contribution in [0.3, 0.4) is 0 Å². The Labute approximate surface area is 117 Å². The van der Waals surface area contributed by atoms with Gasteiger partial charge in [-0.05, 0) is 24.5 Å². The summed E-state index contributed by atoms with van der Waals surface area (Å²) in [4.78, 5) is 27.8. The van der Waals surface area contributed by atoms with Crippen LogP contribution in [0.4, 0.5) is 4.79 Å². The van der Waals surface area contributed by atoms with Crippen LogP contribution in [0.5, 0.6) is 0 Å². The molecule has 0 aliphatic heterocycles. The summed E-state index contributed by atoms with van der Waals surface area (Å²) in [6.07, 6.45) is 1.80. The molecule has 1 aromatic heterocycles. The number of pyridine rings is 1. The first-order valence-corrected chi connectivity index (χ1v) is 6.32. The summed E-state index contributed by atoms with van der Waals surface area (Å²) in [5.41, 5.74) is 0.984. The number of unbranched alkanes of at least 4 members (excludes halogenated alkanes) is 1. The molecular formula is C13H19N3O4. The van der Waals surface area contributed by atoms with Gasteiger partial charge in [0.1, 0.15) is 5.69 Å². The number of carboxylic acid groups (broad SMARTS) is 1. The Hall–Kier alpha value is -2.15. The Morgan fingerprint density at radius 3 is 2.65 bits per heavy atom. The van der Waals surface area contributed by atoms with Crippen LogP contribution in [0.1, 0.15) is 28.9 Å². The Bertz CT molecular complexity index is 447. The van der Waals surface area contributed by atoms with Gasteiger partial charge in [-0.2, -0.15) is 0 Å². The van der Waals surface area contributed by atoms with Crippen LogP contribution in [-0.4, -0.2) is 52.2 Å². The van der Waals surface area contributed by atoms with Crippen LogP contribution >= 0.6 is 0 Å². The highest BCUT2D eigenvalue weighted by molar-refractivity contribution is 5.92. The molecule has 0 fully saturated rings. The minimum Gasteiger partial charge on any atom is -0.465 e. The van der Waals surface area contributed by atoms with Gasteiger partial charge in [-0.25, -0.2) is 4.79 Å². The molecule has 0 saturated heterocycles. The average molecular weight is 281 g/mol. The van der Waals surface area contributed by atoms with Crippen molar-refractivity contribution in [2.45, 2.75) is 19.4 Å². The molecule has 1 rings (SSSR count). The number of hydrogen-bond donors (Lipinski definition) is 3. The van der Waals surface area contributed by atoms with Crippen molar-refractivity contribution in [3.8, 4) is 0 Å². The third-order valence-electron chi connectivity index (χ3n) is 2.77. The molecule has 2 amide bonds. The summed E-state index contributed by atoms with van der Waals surface area (Å²) >= 11 is 0. The second kappa shape index (κ2) is 8.11. The lowest BCUT2D eigenvalue weighted by atomic mass is 10.2. The van der Waals surface area contributed by atoms with E-state index in [1.807, 2.05) is 0 Å². The van der Waals surface area contributed by atoms with Gasteiger partial charge in [0.2, 0.25) is 0 Å². The van der Waals surface area contributed by atoms with E-state index in [1.165, 1.54) is 6.20 Å². The fourth-order valence-electron chi connectivity index (χ4n) is 1.61. The van der Waals surface area contributed by atoms with Crippen molar-refractivity contribution in [2.24, 2.45) is 0 Å². The van der Waals surface area contributed by atoms with Gasteiger partial charge in [0.05, 0.1) is 6.61 Å². The van der Waals surface area contributed by atoms with Crippen molar-refractivity contribution in [1.82, 2.24) is 15.2 Å². The molecule has 0 aliphatic carbocycles. The number of carbonyl (C=O) groups is 2. The van der Waals surface area contributed by atoms with Crippen molar-refractivity contribution in [3.05, 3.63) is 29.6 Å². The van der Waals surface area contributed by atoms with Crippen LogP contribution in [-0.2, 0) is 6.61 Å². The fraction of sp³-hybridized carbons (Fsp3) is 0.462. The number of amides is 2. The summed E-state index contributed by atoms with van der Waals surface area (Å²) in [6, 6.07) is 3.24. The molecule has 110 valence electrons. The third-order valence-corrected chi connectivity index (χ3v) is 2.77. The Morgan fingerprint density at radius 2 is 2.10 bits per heavy atom. The molecular weight excluding hydrogens is 262 g/mol. The van der Waals surface area contributed by atoms with Gasteiger partial charge in [-0.1, -0.05) is 6.07 Å². The Morgan fingerprint density at radius 1 is 1.35 bits per heavy atom. The minimum absolute atomic E-state index is 0.103. The number of rotatable bonds is 7. The number of aliphatic hydroxyl groups is 1. The maximum atomic E-state index is 12.0. The third kappa shape index (κ3) is 5.23. The molecule has 0 spiro atoms. The molecule has 0 atom stereocenters. The number of carbonyl (C=O) groups excluding carboxylic acids is 1. The zero-order valence-electron chi connectivity index (χ0n) is 11.4. The molecule has 1 heterocycles. The SMILES string of the molecule is CN(CCCCNC(=O)O)C(=O)c1ccc(CO)cn1. The lowest BCUT2D eigenvalue weighted by molar-refractivity contribution is 0.0786. The normalized spacial score (nSPS) is 10.1. The quantitative estimate of drug-likeness (QED) is 0.638. The molecule has 7 heteroatoms. The number of hydrogen-bond acceptors (Lipinski definition) is 4. The van der Waals surface area contributed by atoms with E-state index < -0.39 is 6.09 Å². The van der Waals surface area contributed by atoms with Crippen LogP contribution in [0.25, 0.3) is 0 Å². The van der Waals surface area contributed by atoms with Gasteiger partial charge in [0.15, 0.2) is 0 Å². The van der Waals surface area contributed by atoms with Gasteiger partial charge in [-0.3, -0.25) is 9.78 Å². The van der Waals surface area contributed by atoms with E-state index in [-0.39, 0.29) is 12.5 Å². The van der Waals surface area contributed by atoms with Gasteiger partial charge in [0.25, 0.3) is 5.91 Å². The second-order valence-corrected chi connectivity index (χ2v) is 4.38. The Balaban J connectivity index is 2.36. The number of nitrogens with one attached hydrogen (secondary N) is 1. The zero-order valence-corrected chi connectivity index (χ0v) is 11.4. The van der Waals surface area contributed by atoms with E-state index in [9.17, 15) is 9.59 Å². The van der Waals surface area contributed by atoms with Crippen molar-refractivity contribution in [3.63, 3.8) is 0 Å². The van der Waals surface area contributed by atoms with Crippen LogP contribution in [0.2, 0.25) is 0 Å². The first-order valence-electron chi connectivity index (χ1n) is 6.32. The standard InChI is InChI=1S/C13H19N3O4/c1-16(7-3-2-6-14-13(19)20)12(18)11-5-4-10(9-17)8-15-11/h4-5,8,14,17H,2-3,6-7,9H2,1H3,(H,19,20). The van der Waals surface area contributed by atoms with E-state index in [4.69, 9.17) is 10.2 Å². The summed E-state index contributed by atoms with van der Waals surface area (Å²) in [6.45, 7) is 0.804. The van der Waals surface area contributed by atoms with Gasteiger partial charge >= 0.3 is 6.09 Å². The van der Waals surface area contributed by atoms with E-state index in [0.29, 0.717) is 37.2 Å². The van der Waals surface area contributed by atoms with E-state index in [1.54, 1.807) is 24.1 Å². The first kappa shape index (κ1) is 15.9. The van der Waals surface area contributed by atoms with Crippen molar-refractivity contribution in [2.75, 3.05) is 20.1 Å². The van der Waals surface area contributed by atoms with Crippen LogP contribution in [0.15, 0.2) is 18.3 Å². The summed E-state index contributed by atoms with van der Waals surface area (Å²) in [5, 5.41) is 19.6. The van der Waals surface area contributed by atoms with Crippen LogP contribution < -0.4 is 5.32 Å². The summed E-state index contributed by atoms with van der Waals surface area (Å²) < 4.78 is 0. The largest absolute Gasteiger partial charge is 0.465 e. The minimum atomic E-state index is -1.04. The molecule has 7 nitrogen and oxygen atoms in total. The monoisotopic (exact) mass is 281 g/mol. The van der Waals surface area contributed by atoms with E-state index >= 15 is 0 Å². The highest BCUT2D eigenvalue weighted by Crippen LogP contribution is 2.04. The molecule has 0 unspecified atom stereocenters. The van der Waals surface area contributed by atoms with Crippen LogP contribution in [0, 0.1) is 0 Å². The lowest BCUT2D eigenvalue weighted by Gasteiger charge is -2.16.